The molecule has 1 aliphatic rings. The Kier molecular flexibility index (Phi) is 8.56. The van der Waals surface area contributed by atoms with Gasteiger partial charge in [0.25, 0.3) is 5.24 Å². The Morgan fingerprint density at radius 2 is 1.82 bits per heavy atom. The summed E-state index contributed by atoms with van der Waals surface area (Å²) in [5.74, 6) is 0.357. The Hall–Kier alpha value is -4.00. The number of hydrogen-bond donors (Lipinski definition) is 4. The van der Waals surface area contributed by atoms with Crippen molar-refractivity contribution in [2.24, 2.45) is 5.73 Å². The lowest BCUT2D eigenvalue weighted by atomic mass is 10.0. The molecule has 3 amide bonds. The van der Waals surface area contributed by atoms with E-state index in [1.807, 2.05) is 12.1 Å². The summed E-state index contributed by atoms with van der Waals surface area (Å²) in [6, 6.07) is 13.4. The first-order valence-electron chi connectivity index (χ1n) is 11.7. The number of methoxy groups -OCH3 is 1. The molecule has 0 radical (unpaired) electrons. The topological polar surface area (TPSA) is 165 Å². The fraction of sp³-hybridized carbons (Fsp3) is 0.269. The van der Waals surface area contributed by atoms with Crippen LogP contribution >= 0.6 is 11.8 Å². The molecule has 198 valence electrons. The molecule has 2 heterocycles. The van der Waals surface area contributed by atoms with Gasteiger partial charge in [-0.2, -0.15) is 0 Å². The van der Waals surface area contributed by atoms with Gasteiger partial charge in [-0.15, -0.1) is 0 Å². The van der Waals surface area contributed by atoms with E-state index in [1.165, 1.54) is 13.4 Å². The van der Waals surface area contributed by atoms with E-state index < -0.39 is 22.9 Å². The number of thioether (sulfide) groups is 1. The van der Waals surface area contributed by atoms with Crippen molar-refractivity contribution >= 4 is 35.1 Å². The number of ether oxygens (including phenoxy) is 2. The number of imidazole rings is 1. The van der Waals surface area contributed by atoms with Gasteiger partial charge in [0.1, 0.15) is 11.5 Å². The first kappa shape index (κ1) is 27.0. The number of H-pyrrole nitrogens is 1. The van der Waals surface area contributed by atoms with Crippen molar-refractivity contribution in [1.82, 2.24) is 20.6 Å². The normalized spacial score (nSPS) is 17.4. The van der Waals surface area contributed by atoms with E-state index in [0.29, 0.717) is 29.9 Å². The van der Waals surface area contributed by atoms with Gasteiger partial charge in [0.15, 0.2) is 6.29 Å². The molecule has 1 saturated heterocycles. The number of aromatic nitrogens is 2. The zero-order valence-corrected chi connectivity index (χ0v) is 21.3. The zero-order chi connectivity index (χ0) is 27.1. The maximum Gasteiger partial charge on any atom is 0.286 e. The number of imide groups is 1. The molecular weight excluding hydrogens is 510 g/mol. The third kappa shape index (κ3) is 6.85. The lowest BCUT2D eigenvalue weighted by Crippen LogP contribution is -2.57. The highest BCUT2D eigenvalue weighted by molar-refractivity contribution is 8.15. The van der Waals surface area contributed by atoms with Gasteiger partial charge in [0.05, 0.1) is 17.6 Å². The highest BCUT2D eigenvalue weighted by atomic mass is 32.2. The first-order chi connectivity index (χ1) is 18.3. The van der Waals surface area contributed by atoms with Gasteiger partial charge in [-0.3, -0.25) is 24.5 Å². The molecule has 0 saturated carbocycles. The van der Waals surface area contributed by atoms with Crippen LogP contribution in [0.4, 0.5) is 4.79 Å². The second-order valence-corrected chi connectivity index (χ2v) is 9.92. The van der Waals surface area contributed by atoms with Crippen molar-refractivity contribution in [3.63, 3.8) is 0 Å². The molecule has 1 aliphatic heterocycles. The number of aldehydes is 1. The Morgan fingerprint density at radius 3 is 2.34 bits per heavy atom. The van der Waals surface area contributed by atoms with Crippen LogP contribution in [0.3, 0.4) is 0 Å². The molecule has 0 spiro atoms. The van der Waals surface area contributed by atoms with Gasteiger partial charge in [0, 0.05) is 31.8 Å². The molecule has 2 aromatic carbocycles. The van der Waals surface area contributed by atoms with E-state index in [0.717, 1.165) is 22.9 Å². The number of carbonyl (C=O) groups excluding carboxylic acids is 4. The average molecular weight is 538 g/mol. The van der Waals surface area contributed by atoms with Crippen LogP contribution < -0.4 is 21.1 Å². The van der Waals surface area contributed by atoms with Gasteiger partial charge < -0.3 is 25.5 Å². The van der Waals surface area contributed by atoms with Gasteiger partial charge >= 0.3 is 0 Å². The third-order valence-electron chi connectivity index (χ3n) is 5.96. The number of amides is 3. The number of benzene rings is 2. The highest BCUT2D eigenvalue weighted by Crippen LogP contribution is 2.26. The summed E-state index contributed by atoms with van der Waals surface area (Å²) < 4.78 is 11.3. The van der Waals surface area contributed by atoms with E-state index in [1.54, 1.807) is 42.6 Å². The molecule has 1 aromatic heterocycles. The van der Waals surface area contributed by atoms with Crippen molar-refractivity contribution in [3.8, 4) is 11.5 Å². The molecule has 1 fully saturated rings. The van der Waals surface area contributed by atoms with Gasteiger partial charge in [-0.25, -0.2) is 4.98 Å². The third-order valence-corrected chi connectivity index (χ3v) is 6.94. The van der Waals surface area contributed by atoms with Crippen LogP contribution in [0.2, 0.25) is 0 Å². The molecule has 0 aliphatic carbocycles. The maximum absolute atomic E-state index is 12.6. The van der Waals surface area contributed by atoms with Crippen molar-refractivity contribution in [2.45, 2.75) is 36.3 Å². The van der Waals surface area contributed by atoms with Gasteiger partial charge in [-0.1, -0.05) is 36.0 Å². The van der Waals surface area contributed by atoms with Crippen LogP contribution in [0.5, 0.6) is 11.5 Å². The average Bonchev–Trinajstić information content (AvgIpc) is 3.54. The maximum atomic E-state index is 12.6. The van der Waals surface area contributed by atoms with E-state index in [2.05, 4.69) is 20.6 Å². The predicted octanol–water partition coefficient (Wildman–Crippen LogP) is 1.87. The molecule has 12 heteroatoms. The molecule has 0 bridgehead atoms. The minimum atomic E-state index is -1.58. The summed E-state index contributed by atoms with van der Waals surface area (Å²) in [4.78, 5) is 54.5. The Balaban J connectivity index is 1.34. The van der Waals surface area contributed by atoms with E-state index in [9.17, 15) is 19.2 Å². The fourth-order valence-corrected chi connectivity index (χ4v) is 4.72. The molecule has 5 N–H and O–H groups in total. The lowest BCUT2D eigenvalue weighted by molar-refractivity contribution is -0.142. The SMILES string of the molecule is COC(C=O)(Cc1ccc(Oc2ccc(CC3SC(=O)NC3=O)cc2)cc1)NC(=O)C(N)Cc1cnc[nH]1. The molecule has 4 rings (SSSR count). The summed E-state index contributed by atoms with van der Waals surface area (Å²) in [6.07, 6.45) is 4.37. The van der Waals surface area contributed by atoms with Crippen LogP contribution in [-0.2, 0) is 38.4 Å². The number of nitrogens with one attached hydrogen (secondary N) is 3. The summed E-state index contributed by atoms with van der Waals surface area (Å²) >= 11 is 0.994. The zero-order valence-electron chi connectivity index (χ0n) is 20.5. The Morgan fingerprint density at radius 1 is 1.16 bits per heavy atom. The second kappa shape index (κ2) is 12.0. The smallest absolute Gasteiger partial charge is 0.286 e. The standard InChI is InChI=1S/C26H27N5O6S/c1-36-26(14-32,31-23(33)21(27)11-18-13-28-15-29-18)12-17-4-8-20(9-5-17)37-19-6-2-16(3-7-19)10-22-24(34)30-25(35)38-22/h2-9,13-15,21-22H,10-12,27H2,1H3,(H,28,29)(H,31,33)(H,30,34,35). The Bertz CT molecular complexity index is 1280. The van der Waals surface area contributed by atoms with Crippen molar-refractivity contribution < 1.29 is 28.7 Å². The highest BCUT2D eigenvalue weighted by Gasteiger charge is 2.34. The molecule has 3 unspecified atom stereocenters. The summed E-state index contributed by atoms with van der Waals surface area (Å²) in [5.41, 5.74) is 6.74. The predicted molar refractivity (Wildman–Crippen MR) is 139 cm³/mol. The Labute approximate surface area is 222 Å². The summed E-state index contributed by atoms with van der Waals surface area (Å²) in [7, 11) is 1.34. The number of aromatic amines is 1. The summed E-state index contributed by atoms with van der Waals surface area (Å²) in [5, 5.41) is 4.15. The first-order valence-corrected chi connectivity index (χ1v) is 12.6. The fourth-order valence-electron chi connectivity index (χ4n) is 3.86. The van der Waals surface area contributed by atoms with E-state index >= 15 is 0 Å². The second-order valence-electron chi connectivity index (χ2n) is 8.74. The van der Waals surface area contributed by atoms with E-state index in [-0.39, 0.29) is 24.0 Å². The molecular formula is C26H27N5O6S. The van der Waals surface area contributed by atoms with E-state index in [4.69, 9.17) is 15.2 Å². The number of nitrogens with zero attached hydrogens (tertiary/aromatic N) is 1. The minimum Gasteiger partial charge on any atom is -0.457 e. The largest absolute Gasteiger partial charge is 0.457 e. The summed E-state index contributed by atoms with van der Waals surface area (Å²) in [6.45, 7) is 0. The van der Waals surface area contributed by atoms with Gasteiger partial charge in [0.2, 0.25) is 17.5 Å². The van der Waals surface area contributed by atoms with Crippen molar-refractivity contribution in [3.05, 3.63) is 77.9 Å². The molecule has 3 aromatic rings. The molecule has 3 atom stereocenters. The minimum absolute atomic E-state index is 0.0831. The van der Waals surface area contributed by atoms with Gasteiger partial charge in [-0.05, 0) is 41.8 Å². The number of hydrogen-bond acceptors (Lipinski definition) is 9. The van der Waals surface area contributed by atoms with Crippen LogP contribution in [0.15, 0.2) is 61.1 Å². The van der Waals surface area contributed by atoms with Crippen molar-refractivity contribution in [1.29, 1.82) is 0 Å². The quantitative estimate of drug-likeness (QED) is 0.199. The molecule has 38 heavy (non-hydrogen) atoms. The number of rotatable bonds is 12. The van der Waals surface area contributed by atoms with Crippen LogP contribution in [0, 0.1) is 0 Å². The van der Waals surface area contributed by atoms with Crippen LogP contribution in [-0.4, -0.2) is 57.4 Å². The number of nitrogens with two attached hydrogens (primary N) is 1. The number of carbonyl (C=O) groups is 4. The van der Waals surface area contributed by atoms with Crippen LogP contribution in [0.25, 0.3) is 0 Å². The molecule has 11 nitrogen and oxygen atoms in total. The van der Waals surface area contributed by atoms with Crippen LogP contribution in [0.1, 0.15) is 16.8 Å². The van der Waals surface area contributed by atoms with Crippen molar-refractivity contribution in [2.75, 3.05) is 7.11 Å². The lowest BCUT2D eigenvalue weighted by Gasteiger charge is -2.29. The monoisotopic (exact) mass is 537 g/mol.